The number of para-hydroxylation sites is 3. The molecular weight excluding hydrogens is 555 g/mol. The molecule has 6 aromatic carbocycles. The van der Waals surface area contributed by atoms with Gasteiger partial charge in [0.15, 0.2) is 5.82 Å². The standard InChI is InChI=1S/C40H25N3S/c1-3-12-26(13-4-1)30-17-11-18-32-36(40-43(38(30)32)34-20-9-10-21-35(34)44-40)27-22-24-28(25-23-27)37-31-16-7-8-19-33(31)41-39(42-37)29-14-5-2-6-15-29/h1-25H. The highest BCUT2D eigenvalue weighted by Gasteiger charge is 2.21. The Morgan fingerprint density at radius 3 is 1.95 bits per heavy atom. The number of fused-ring (bicyclic) bond motifs is 6. The van der Waals surface area contributed by atoms with Gasteiger partial charge < -0.3 is 0 Å². The van der Waals surface area contributed by atoms with Gasteiger partial charge in [0.2, 0.25) is 0 Å². The molecule has 9 rings (SSSR count). The van der Waals surface area contributed by atoms with Crippen molar-refractivity contribution in [2.24, 2.45) is 0 Å². The van der Waals surface area contributed by atoms with Crippen LogP contribution in [0.5, 0.6) is 0 Å². The van der Waals surface area contributed by atoms with E-state index in [1.807, 2.05) is 35.6 Å². The molecule has 0 saturated carbocycles. The smallest absolute Gasteiger partial charge is 0.160 e. The quantitative estimate of drug-likeness (QED) is 0.208. The fraction of sp³-hybridized carbons (Fsp3) is 0. The molecule has 0 spiro atoms. The van der Waals surface area contributed by atoms with E-state index in [-0.39, 0.29) is 0 Å². The zero-order valence-electron chi connectivity index (χ0n) is 23.7. The molecule has 0 aliphatic rings. The number of benzene rings is 6. The largest absolute Gasteiger partial charge is 0.299 e. The predicted octanol–water partition coefficient (Wildman–Crippen LogP) is 10.9. The van der Waals surface area contributed by atoms with Crippen molar-refractivity contribution in [2.45, 2.75) is 0 Å². The summed E-state index contributed by atoms with van der Waals surface area (Å²) in [6.07, 6.45) is 0. The number of rotatable bonds is 4. The monoisotopic (exact) mass is 579 g/mol. The molecule has 0 aliphatic heterocycles. The van der Waals surface area contributed by atoms with Crippen LogP contribution in [0.15, 0.2) is 152 Å². The fourth-order valence-electron chi connectivity index (χ4n) is 6.41. The average Bonchev–Trinajstić information content (AvgIpc) is 3.63. The Hall–Kier alpha value is -5.58. The molecule has 44 heavy (non-hydrogen) atoms. The van der Waals surface area contributed by atoms with Crippen molar-refractivity contribution in [2.75, 3.05) is 0 Å². The molecule has 0 saturated heterocycles. The molecule has 0 radical (unpaired) electrons. The van der Waals surface area contributed by atoms with E-state index in [1.165, 1.54) is 48.2 Å². The van der Waals surface area contributed by atoms with E-state index in [4.69, 9.17) is 9.97 Å². The maximum atomic E-state index is 5.09. The molecule has 0 N–H and O–H groups in total. The molecule has 3 aromatic heterocycles. The Kier molecular flexibility index (Phi) is 5.68. The zero-order valence-corrected chi connectivity index (χ0v) is 24.5. The minimum Gasteiger partial charge on any atom is -0.299 e. The molecule has 4 heteroatoms. The van der Waals surface area contributed by atoms with Crippen LogP contribution in [0.4, 0.5) is 0 Å². The first-order chi connectivity index (χ1) is 21.8. The molecule has 0 fully saturated rings. The SMILES string of the molecule is c1ccc(-c2nc(-c3ccc(-c4c5cccc(-c6ccccc6)c5n5c4sc4ccccc45)cc3)c3ccccc3n2)cc1. The summed E-state index contributed by atoms with van der Waals surface area (Å²) < 4.78 is 3.75. The highest BCUT2D eigenvalue weighted by Crippen LogP contribution is 2.45. The van der Waals surface area contributed by atoms with Gasteiger partial charge >= 0.3 is 0 Å². The second-order valence-electron chi connectivity index (χ2n) is 11.0. The van der Waals surface area contributed by atoms with Gasteiger partial charge in [0.25, 0.3) is 0 Å². The summed E-state index contributed by atoms with van der Waals surface area (Å²) in [6.45, 7) is 0. The van der Waals surface area contributed by atoms with Crippen molar-refractivity contribution < 1.29 is 0 Å². The molecule has 0 amide bonds. The van der Waals surface area contributed by atoms with Crippen LogP contribution in [0.1, 0.15) is 0 Å². The van der Waals surface area contributed by atoms with Gasteiger partial charge in [-0.15, -0.1) is 11.3 Å². The van der Waals surface area contributed by atoms with E-state index in [0.29, 0.717) is 0 Å². The van der Waals surface area contributed by atoms with Crippen molar-refractivity contribution in [1.82, 2.24) is 14.4 Å². The second kappa shape index (κ2) is 10.0. The van der Waals surface area contributed by atoms with Gasteiger partial charge in [-0.1, -0.05) is 133 Å². The summed E-state index contributed by atoms with van der Waals surface area (Å²) in [7, 11) is 0. The summed E-state index contributed by atoms with van der Waals surface area (Å²) in [5.74, 6) is 0.738. The number of aromatic nitrogens is 3. The predicted molar refractivity (Wildman–Crippen MR) is 185 cm³/mol. The Balaban J connectivity index is 1.26. The van der Waals surface area contributed by atoms with Crippen LogP contribution >= 0.6 is 11.3 Å². The van der Waals surface area contributed by atoms with Gasteiger partial charge in [0, 0.05) is 33.0 Å². The van der Waals surface area contributed by atoms with Crippen LogP contribution in [0.2, 0.25) is 0 Å². The molecule has 9 aromatic rings. The summed E-state index contributed by atoms with van der Waals surface area (Å²) in [6, 6.07) is 53.5. The van der Waals surface area contributed by atoms with Crippen molar-refractivity contribution >= 4 is 48.2 Å². The Morgan fingerprint density at radius 1 is 0.477 bits per heavy atom. The third-order valence-corrected chi connectivity index (χ3v) is 9.57. The molecule has 0 unspecified atom stereocenters. The van der Waals surface area contributed by atoms with E-state index in [0.717, 1.165) is 33.5 Å². The minimum absolute atomic E-state index is 0.738. The van der Waals surface area contributed by atoms with Crippen LogP contribution in [-0.4, -0.2) is 14.4 Å². The van der Waals surface area contributed by atoms with Gasteiger partial charge in [0.05, 0.1) is 26.9 Å². The fourth-order valence-corrected chi connectivity index (χ4v) is 7.64. The van der Waals surface area contributed by atoms with Crippen LogP contribution in [0.25, 0.3) is 81.8 Å². The van der Waals surface area contributed by atoms with Crippen molar-refractivity contribution in [3.63, 3.8) is 0 Å². The van der Waals surface area contributed by atoms with Crippen LogP contribution in [-0.2, 0) is 0 Å². The lowest BCUT2D eigenvalue weighted by Gasteiger charge is -2.10. The molecular formula is C40H25N3S. The molecule has 3 nitrogen and oxygen atoms in total. The molecule has 0 aliphatic carbocycles. The first-order valence-electron chi connectivity index (χ1n) is 14.8. The summed E-state index contributed by atoms with van der Waals surface area (Å²) >= 11 is 1.86. The Morgan fingerprint density at radius 2 is 1.14 bits per heavy atom. The van der Waals surface area contributed by atoms with Gasteiger partial charge in [0.1, 0.15) is 4.83 Å². The van der Waals surface area contributed by atoms with Crippen molar-refractivity contribution in [3.8, 4) is 44.9 Å². The van der Waals surface area contributed by atoms with E-state index in [2.05, 4.69) is 132 Å². The third kappa shape index (κ3) is 3.89. The number of thiazole rings is 1. The van der Waals surface area contributed by atoms with E-state index < -0.39 is 0 Å². The number of hydrogen-bond donors (Lipinski definition) is 0. The molecule has 0 atom stereocenters. The third-order valence-electron chi connectivity index (χ3n) is 8.43. The molecule has 206 valence electrons. The van der Waals surface area contributed by atoms with Gasteiger partial charge in [-0.25, -0.2) is 9.97 Å². The lowest BCUT2D eigenvalue weighted by molar-refractivity contribution is 1.23. The zero-order chi connectivity index (χ0) is 29.0. The summed E-state index contributed by atoms with van der Waals surface area (Å²) in [5, 5.41) is 2.31. The molecule has 3 heterocycles. The normalized spacial score (nSPS) is 11.6. The lowest BCUT2D eigenvalue weighted by Crippen LogP contribution is -1.95. The van der Waals surface area contributed by atoms with Crippen molar-refractivity contribution in [3.05, 3.63) is 152 Å². The average molecular weight is 580 g/mol. The lowest BCUT2D eigenvalue weighted by atomic mass is 9.98. The van der Waals surface area contributed by atoms with Crippen LogP contribution < -0.4 is 0 Å². The molecule has 0 bridgehead atoms. The van der Waals surface area contributed by atoms with Gasteiger partial charge in [-0.3, -0.25) is 4.40 Å². The van der Waals surface area contributed by atoms with Crippen LogP contribution in [0.3, 0.4) is 0 Å². The van der Waals surface area contributed by atoms with E-state index in [1.54, 1.807) is 0 Å². The minimum atomic E-state index is 0.738. The maximum Gasteiger partial charge on any atom is 0.160 e. The van der Waals surface area contributed by atoms with Gasteiger partial charge in [-0.2, -0.15) is 0 Å². The van der Waals surface area contributed by atoms with Crippen molar-refractivity contribution in [1.29, 1.82) is 0 Å². The highest BCUT2D eigenvalue weighted by atomic mass is 32.1. The topological polar surface area (TPSA) is 30.2 Å². The van der Waals surface area contributed by atoms with Gasteiger partial charge in [-0.05, 0) is 29.3 Å². The maximum absolute atomic E-state index is 5.09. The van der Waals surface area contributed by atoms with E-state index >= 15 is 0 Å². The highest BCUT2D eigenvalue weighted by molar-refractivity contribution is 7.24. The first-order valence-corrected chi connectivity index (χ1v) is 15.6. The Bertz CT molecular complexity index is 2470. The summed E-state index contributed by atoms with van der Waals surface area (Å²) in [4.78, 5) is 11.3. The summed E-state index contributed by atoms with van der Waals surface area (Å²) in [5.41, 5.74) is 11.4. The number of hydrogen-bond acceptors (Lipinski definition) is 3. The number of nitrogens with zero attached hydrogens (tertiary/aromatic N) is 3. The second-order valence-corrected chi connectivity index (χ2v) is 12.0. The Labute approximate surface area is 258 Å². The first kappa shape index (κ1) is 25.0. The van der Waals surface area contributed by atoms with Crippen LogP contribution in [0, 0.1) is 0 Å². The van der Waals surface area contributed by atoms with E-state index in [9.17, 15) is 0 Å².